The molecule has 3 nitrogen and oxygen atoms in total. The van der Waals surface area contributed by atoms with Crippen LogP contribution in [0.25, 0.3) is 11.3 Å². The van der Waals surface area contributed by atoms with E-state index in [2.05, 4.69) is 47.6 Å². The number of rotatable bonds is 3. The van der Waals surface area contributed by atoms with Gasteiger partial charge < -0.3 is 5.32 Å². The quantitative estimate of drug-likeness (QED) is 0.738. The van der Waals surface area contributed by atoms with Crippen molar-refractivity contribution in [2.75, 3.05) is 5.32 Å². The summed E-state index contributed by atoms with van der Waals surface area (Å²) in [7, 11) is 0. The minimum Gasteiger partial charge on any atom is -0.339 e. The fraction of sp³-hybridized carbons (Fsp3) is 0.118. The van der Waals surface area contributed by atoms with Gasteiger partial charge in [0, 0.05) is 17.3 Å². The van der Waals surface area contributed by atoms with Crippen LogP contribution in [0.15, 0.2) is 48.5 Å². The summed E-state index contributed by atoms with van der Waals surface area (Å²) in [6.07, 6.45) is 0. The smallest absolute Gasteiger partial charge is 0.152 e. The number of anilines is 2. The molecule has 0 atom stereocenters. The molecule has 0 spiro atoms. The van der Waals surface area contributed by atoms with Crippen LogP contribution in [0.2, 0.25) is 0 Å². The van der Waals surface area contributed by atoms with Gasteiger partial charge in [-0.2, -0.15) is 5.10 Å². The topological polar surface area (TPSA) is 40.7 Å². The van der Waals surface area contributed by atoms with E-state index in [0.29, 0.717) is 5.82 Å². The zero-order chi connectivity index (χ0) is 14.8. The molecule has 0 aliphatic carbocycles. The summed E-state index contributed by atoms with van der Waals surface area (Å²) in [4.78, 5) is 0. The van der Waals surface area contributed by atoms with E-state index in [1.54, 1.807) is 12.1 Å². The second-order valence-corrected chi connectivity index (χ2v) is 5.12. The normalized spacial score (nSPS) is 10.6. The van der Waals surface area contributed by atoms with Crippen molar-refractivity contribution in [1.29, 1.82) is 0 Å². The van der Waals surface area contributed by atoms with E-state index >= 15 is 0 Å². The van der Waals surface area contributed by atoms with Crippen molar-refractivity contribution < 1.29 is 4.39 Å². The summed E-state index contributed by atoms with van der Waals surface area (Å²) >= 11 is 0. The van der Waals surface area contributed by atoms with E-state index in [9.17, 15) is 4.39 Å². The molecule has 3 aromatic rings. The molecule has 0 saturated heterocycles. The first-order chi connectivity index (χ1) is 10.1. The summed E-state index contributed by atoms with van der Waals surface area (Å²) in [5, 5.41) is 10.4. The molecule has 0 radical (unpaired) electrons. The highest BCUT2D eigenvalue weighted by Crippen LogP contribution is 2.25. The molecule has 0 amide bonds. The largest absolute Gasteiger partial charge is 0.339 e. The molecule has 2 N–H and O–H groups in total. The lowest BCUT2D eigenvalue weighted by molar-refractivity contribution is 0.628. The van der Waals surface area contributed by atoms with Gasteiger partial charge in [-0.15, -0.1) is 0 Å². The van der Waals surface area contributed by atoms with Gasteiger partial charge in [0.1, 0.15) is 5.82 Å². The summed E-state index contributed by atoms with van der Waals surface area (Å²) in [6, 6.07) is 14.4. The fourth-order valence-corrected chi connectivity index (χ4v) is 2.32. The van der Waals surface area contributed by atoms with Crippen LogP contribution < -0.4 is 5.32 Å². The molecule has 0 unspecified atom stereocenters. The summed E-state index contributed by atoms with van der Waals surface area (Å²) in [5.41, 5.74) is 5.32. The van der Waals surface area contributed by atoms with E-state index in [0.717, 1.165) is 16.9 Å². The first kappa shape index (κ1) is 13.4. The molecule has 0 fully saturated rings. The number of halogens is 1. The summed E-state index contributed by atoms with van der Waals surface area (Å²) in [5.74, 6) is 0.454. The molecule has 0 saturated carbocycles. The lowest BCUT2D eigenvalue weighted by Crippen LogP contribution is -1.90. The number of aryl methyl sites for hydroxylation is 2. The van der Waals surface area contributed by atoms with Gasteiger partial charge in [-0.3, -0.25) is 5.10 Å². The van der Waals surface area contributed by atoms with Crippen LogP contribution in [0.1, 0.15) is 11.1 Å². The van der Waals surface area contributed by atoms with Crippen molar-refractivity contribution in [3.05, 3.63) is 65.5 Å². The van der Waals surface area contributed by atoms with Crippen LogP contribution in [0.3, 0.4) is 0 Å². The minimum absolute atomic E-state index is 0.251. The second-order valence-electron chi connectivity index (χ2n) is 5.12. The van der Waals surface area contributed by atoms with Crippen molar-refractivity contribution in [3.63, 3.8) is 0 Å². The van der Waals surface area contributed by atoms with Gasteiger partial charge in [0.15, 0.2) is 5.82 Å². The SMILES string of the molecule is Cc1ccc(-c2cc(Nc3ccc(F)cc3)n[nH]2)c(C)c1. The Hall–Kier alpha value is -2.62. The van der Waals surface area contributed by atoms with Gasteiger partial charge in [-0.1, -0.05) is 23.8 Å². The lowest BCUT2D eigenvalue weighted by Gasteiger charge is -2.04. The molecular formula is C17H16FN3. The van der Waals surface area contributed by atoms with Crippen LogP contribution in [0.5, 0.6) is 0 Å². The Bertz CT molecular complexity index is 760. The van der Waals surface area contributed by atoms with E-state index in [1.807, 2.05) is 6.07 Å². The lowest BCUT2D eigenvalue weighted by atomic mass is 10.0. The molecule has 21 heavy (non-hydrogen) atoms. The third-order valence-corrected chi connectivity index (χ3v) is 3.37. The molecule has 0 bridgehead atoms. The van der Waals surface area contributed by atoms with E-state index in [-0.39, 0.29) is 5.82 Å². The minimum atomic E-state index is -0.251. The number of nitrogens with one attached hydrogen (secondary N) is 2. The van der Waals surface area contributed by atoms with Crippen molar-refractivity contribution in [2.45, 2.75) is 13.8 Å². The molecule has 2 aromatic carbocycles. The highest BCUT2D eigenvalue weighted by molar-refractivity contribution is 5.68. The average Bonchev–Trinajstić information content (AvgIpc) is 2.90. The standard InChI is InChI=1S/C17H16FN3/c1-11-3-8-15(12(2)9-11)16-10-17(21-20-16)19-14-6-4-13(18)5-7-14/h3-10H,1-2H3,(H2,19,20,21). The van der Waals surface area contributed by atoms with Crippen molar-refractivity contribution in [3.8, 4) is 11.3 Å². The predicted octanol–water partition coefficient (Wildman–Crippen LogP) is 4.58. The molecular weight excluding hydrogens is 265 g/mol. The zero-order valence-corrected chi connectivity index (χ0v) is 11.9. The molecule has 3 rings (SSSR count). The van der Waals surface area contributed by atoms with Gasteiger partial charge in [-0.25, -0.2) is 4.39 Å². The number of nitrogens with zero attached hydrogens (tertiary/aromatic N) is 1. The first-order valence-electron chi connectivity index (χ1n) is 6.77. The number of benzene rings is 2. The second kappa shape index (κ2) is 5.40. The number of hydrogen-bond acceptors (Lipinski definition) is 2. The van der Waals surface area contributed by atoms with Crippen molar-refractivity contribution >= 4 is 11.5 Å². The Morgan fingerprint density at radius 3 is 2.48 bits per heavy atom. The van der Waals surface area contributed by atoms with Crippen LogP contribution in [-0.4, -0.2) is 10.2 Å². The van der Waals surface area contributed by atoms with Crippen molar-refractivity contribution in [1.82, 2.24) is 10.2 Å². The Kier molecular flexibility index (Phi) is 3.44. The van der Waals surface area contributed by atoms with Gasteiger partial charge in [-0.05, 0) is 43.7 Å². The average molecular weight is 281 g/mol. The van der Waals surface area contributed by atoms with E-state index in [1.165, 1.54) is 23.3 Å². The Morgan fingerprint density at radius 1 is 1.00 bits per heavy atom. The highest BCUT2D eigenvalue weighted by atomic mass is 19.1. The molecule has 4 heteroatoms. The molecule has 1 aromatic heterocycles. The Morgan fingerprint density at radius 2 is 1.76 bits per heavy atom. The maximum absolute atomic E-state index is 12.9. The summed E-state index contributed by atoms with van der Waals surface area (Å²) < 4.78 is 12.9. The number of aromatic amines is 1. The van der Waals surface area contributed by atoms with Crippen LogP contribution in [0.4, 0.5) is 15.9 Å². The van der Waals surface area contributed by atoms with E-state index in [4.69, 9.17) is 0 Å². The maximum atomic E-state index is 12.9. The summed E-state index contributed by atoms with van der Waals surface area (Å²) in [6.45, 7) is 4.15. The van der Waals surface area contributed by atoms with Crippen LogP contribution in [-0.2, 0) is 0 Å². The number of H-pyrrole nitrogens is 1. The Labute approximate surface area is 122 Å². The molecule has 1 heterocycles. The molecule has 0 aliphatic rings. The van der Waals surface area contributed by atoms with Crippen LogP contribution in [0, 0.1) is 19.7 Å². The van der Waals surface area contributed by atoms with Gasteiger partial charge >= 0.3 is 0 Å². The third-order valence-electron chi connectivity index (χ3n) is 3.37. The highest BCUT2D eigenvalue weighted by Gasteiger charge is 2.06. The monoisotopic (exact) mass is 281 g/mol. The van der Waals surface area contributed by atoms with Gasteiger partial charge in [0.25, 0.3) is 0 Å². The fourth-order valence-electron chi connectivity index (χ4n) is 2.32. The predicted molar refractivity (Wildman–Crippen MR) is 83.2 cm³/mol. The van der Waals surface area contributed by atoms with Gasteiger partial charge in [0.2, 0.25) is 0 Å². The Balaban J connectivity index is 1.84. The van der Waals surface area contributed by atoms with Crippen LogP contribution >= 0.6 is 0 Å². The number of hydrogen-bond donors (Lipinski definition) is 2. The maximum Gasteiger partial charge on any atom is 0.152 e. The van der Waals surface area contributed by atoms with E-state index < -0.39 is 0 Å². The number of aromatic nitrogens is 2. The molecule has 0 aliphatic heterocycles. The first-order valence-corrected chi connectivity index (χ1v) is 6.77. The molecule has 106 valence electrons. The third kappa shape index (κ3) is 2.94. The van der Waals surface area contributed by atoms with Crippen molar-refractivity contribution in [2.24, 2.45) is 0 Å². The zero-order valence-electron chi connectivity index (χ0n) is 11.9. The van der Waals surface area contributed by atoms with Gasteiger partial charge in [0.05, 0.1) is 5.69 Å².